The Morgan fingerprint density at radius 1 is 1.03 bits per heavy atom. The highest BCUT2D eigenvalue weighted by Crippen LogP contribution is 2.38. The number of rotatable bonds is 6. The van der Waals surface area contributed by atoms with Crippen molar-refractivity contribution in [1.82, 2.24) is 4.90 Å². The molecule has 3 rings (SSSR count). The maximum Gasteiger partial charge on any atom is 0.256 e. The molecule has 0 radical (unpaired) electrons. The van der Waals surface area contributed by atoms with Crippen molar-refractivity contribution in [2.24, 2.45) is 5.92 Å². The SMILES string of the molecule is COc1cc(/C=C/C(=O)N2CCC=C(C3CCCCC3)C2=O)cc(OC)c1OC. The summed E-state index contributed by atoms with van der Waals surface area (Å²) < 4.78 is 16.0. The molecule has 1 saturated carbocycles. The largest absolute Gasteiger partial charge is 0.493 e. The summed E-state index contributed by atoms with van der Waals surface area (Å²) in [4.78, 5) is 27.0. The number of ether oxygens (including phenoxy) is 3. The van der Waals surface area contributed by atoms with E-state index in [4.69, 9.17) is 14.2 Å². The number of benzene rings is 1. The highest BCUT2D eigenvalue weighted by atomic mass is 16.5. The molecule has 1 aromatic carbocycles. The van der Waals surface area contributed by atoms with Crippen molar-refractivity contribution < 1.29 is 23.8 Å². The quantitative estimate of drug-likeness (QED) is 0.677. The molecule has 156 valence electrons. The first kappa shape index (κ1) is 21.0. The zero-order valence-corrected chi connectivity index (χ0v) is 17.4. The molecule has 0 N–H and O–H groups in total. The third-order valence-electron chi connectivity index (χ3n) is 5.63. The summed E-state index contributed by atoms with van der Waals surface area (Å²) in [5, 5.41) is 0. The minimum Gasteiger partial charge on any atom is -0.493 e. The van der Waals surface area contributed by atoms with E-state index in [9.17, 15) is 9.59 Å². The molecule has 1 aromatic rings. The molecule has 29 heavy (non-hydrogen) atoms. The van der Waals surface area contributed by atoms with E-state index in [0.29, 0.717) is 29.7 Å². The van der Waals surface area contributed by atoms with Gasteiger partial charge in [0, 0.05) is 18.2 Å². The van der Waals surface area contributed by atoms with E-state index >= 15 is 0 Å². The number of carbonyl (C=O) groups excluding carboxylic acids is 2. The lowest BCUT2D eigenvalue weighted by Crippen LogP contribution is -2.41. The molecule has 6 heteroatoms. The van der Waals surface area contributed by atoms with Crippen LogP contribution in [0.15, 0.2) is 29.9 Å². The molecule has 1 fully saturated rings. The van der Waals surface area contributed by atoms with E-state index in [-0.39, 0.29) is 11.8 Å². The van der Waals surface area contributed by atoms with Crippen LogP contribution < -0.4 is 14.2 Å². The van der Waals surface area contributed by atoms with Gasteiger partial charge < -0.3 is 14.2 Å². The molecular formula is C23H29NO5. The van der Waals surface area contributed by atoms with Gasteiger partial charge >= 0.3 is 0 Å². The number of imide groups is 1. The molecule has 0 aromatic heterocycles. The van der Waals surface area contributed by atoms with E-state index < -0.39 is 0 Å². The average Bonchev–Trinajstić information content (AvgIpc) is 2.77. The second-order valence-corrected chi connectivity index (χ2v) is 7.37. The lowest BCUT2D eigenvalue weighted by molar-refractivity contribution is -0.140. The predicted molar refractivity (Wildman–Crippen MR) is 111 cm³/mol. The Morgan fingerprint density at radius 2 is 1.69 bits per heavy atom. The van der Waals surface area contributed by atoms with Gasteiger partial charge in [0.05, 0.1) is 21.3 Å². The Hall–Kier alpha value is -2.76. The van der Waals surface area contributed by atoms with Crippen molar-refractivity contribution in [3.8, 4) is 17.2 Å². The van der Waals surface area contributed by atoms with Crippen LogP contribution in [0.2, 0.25) is 0 Å². The minimum atomic E-state index is -0.301. The first-order chi connectivity index (χ1) is 14.1. The fourth-order valence-electron chi connectivity index (χ4n) is 4.11. The number of methoxy groups -OCH3 is 3. The summed E-state index contributed by atoms with van der Waals surface area (Å²) in [7, 11) is 4.63. The van der Waals surface area contributed by atoms with E-state index in [1.807, 2.05) is 6.08 Å². The van der Waals surface area contributed by atoms with E-state index in [1.54, 1.807) is 39.5 Å². The van der Waals surface area contributed by atoms with E-state index in [1.165, 1.54) is 17.4 Å². The Labute approximate surface area is 172 Å². The molecule has 1 aliphatic carbocycles. The molecule has 0 spiro atoms. The van der Waals surface area contributed by atoms with Crippen LogP contribution >= 0.6 is 0 Å². The van der Waals surface area contributed by atoms with Gasteiger partial charge in [0.15, 0.2) is 11.5 Å². The van der Waals surface area contributed by atoms with E-state index in [2.05, 4.69) is 0 Å². The van der Waals surface area contributed by atoms with Crippen molar-refractivity contribution in [2.75, 3.05) is 27.9 Å². The van der Waals surface area contributed by atoms with Crippen LogP contribution in [0.3, 0.4) is 0 Å². The number of carbonyl (C=O) groups is 2. The summed E-state index contributed by atoms with van der Waals surface area (Å²) in [6.07, 6.45) is 11.5. The maximum atomic E-state index is 12.9. The van der Waals surface area contributed by atoms with E-state index in [0.717, 1.165) is 43.2 Å². The van der Waals surface area contributed by atoms with Crippen molar-refractivity contribution in [3.63, 3.8) is 0 Å². The molecule has 0 bridgehead atoms. The lowest BCUT2D eigenvalue weighted by Gasteiger charge is -2.30. The second-order valence-electron chi connectivity index (χ2n) is 7.37. The second kappa shape index (κ2) is 9.63. The van der Waals surface area contributed by atoms with Gasteiger partial charge in [0.25, 0.3) is 11.8 Å². The monoisotopic (exact) mass is 399 g/mol. The van der Waals surface area contributed by atoms with Crippen LogP contribution in [-0.4, -0.2) is 44.6 Å². The lowest BCUT2D eigenvalue weighted by atomic mass is 9.82. The van der Waals surface area contributed by atoms with Crippen molar-refractivity contribution in [2.45, 2.75) is 38.5 Å². The Kier molecular flexibility index (Phi) is 6.96. The highest BCUT2D eigenvalue weighted by molar-refractivity contribution is 6.09. The highest BCUT2D eigenvalue weighted by Gasteiger charge is 2.31. The number of amides is 2. The molecule has 1 aliphatic heterocycles. The van der Waals surface area contributed by atoms with Gasteiger partial charge in [0.2, 0.25) is 5.75 Å². The molecule has 6 nitrogen and oxygen atoms in total. The fourth-order valence-corrected chi connectivity index (χ4v) is 4.11. The number of nitrogens with zero attached hydrogens (tertiary/aromatic N) is 1. The molecule has 1 heterocycles. The average molecular weight is 399 g/mol. The first-order valence-electron chi connectivity index (χ1n) is 10.1. The maximum absolute atomic E-state index is 12.9. The van der Waals surface area contributed by atoms with Crippen LogP contribution in [0.1, 0.15) is 44.1 Å². The molecule has 0 unspecified atom stereocenters. The standard InChI is InChI=1S/C23H29NO5/c1-27-19-14-16(15-20(28-2)22(19)29-3)11-12-21(25)24-13-7-10-18(23(24)26)17-8-5-4-6-9-17/h10-12,14-15,17H,4-9,13H2,1-3H3/b12-11+. The number of hydrogen-bond acceptors (Lipinski definition) is 5. The molecule has 0 atom stereocenters. The minimum absolute atomic E-state index is 0.136. The summed E-state index contributed by atoms with van der Waals surface area (Å²) in [5.41, 5.74) is 1.55. The Balaban J connectivity index is 1.75. The molecular weight excluding hydrogens is 370 g/mol. The van der Waals surface area contributed by atoms with Crippen molar-refractivity contribution in [1.29, 1.82) is 0 Å². The summed E-state index contributed by atoms with van der Waals surface area (Å²) in [6, 6.07) is 3.52. The Morgan fingerprint density at radius 3 is 2.28 bits per heavy atom. The zero-order chi connectivity index (χ0) is 20.8. The van der Waals surface area contributed by atoms with Gasteiger partial charge in [-0.15, -0.1) is 0 Å². The van der Waals surface area contributed by atoms with Gasteiger partial charge in [-0.1, -0.05) is 25.3 Å². The van der Waals surface area contributed by atoms with Gasteiger partial charge in [-0.2, -0.15) is 0 Å². The normalized spacial score (nSPS) is 18.0. The fraction of sp³-hybridized carbons (Fsp3) is 0.478. The first-order valence-corrected chi connectivity index (χ1v) is 10.1. The van der Waals surface area contributed by atoms with Crippen LogP contribution in [0.4, 0.5) is 0 Å². The van der Waals surface area contributed by atoms with Gasteiger partial charge in [0.1, 0.15) is 0 Å². The number of hydrogen-bond donors (Lipinski definition) is 0. The topological polar surface area (TPSA) is 65.1 Å². The van der Waals surface area contributed by atoms with Crippen LogP contribution in [0.25, 0.3) is 6.08 Å². The molecule has 2 amide bonds. The predicted octanol–water partition coefficient (Wildman–Crippen LogP) is 3.99. The van der Waals surface area contributed by atoms with Crippen LogP contribution in [0.5, 0.6) is 17.2 Å². The summed E-state index contributed by atoms with van der Waals surface area (Å²) in [6.45, 7) is 0.424. The third kappa shape index (κ3) is 4.63. The van der Waals surface area contributed by atoms with Crippen molar-refractivity contribution in [3.05, 3.63) is 35.4 Å². The molecule has 0 saturated heterocycles. The summed E-state index contributed by atoms with van der Waals surface area (Å²) >= 11 is 0. The van der Waals surface area contributed by atoms with Crippen molar-refractivity contribution >= 4 is 17.9 Å². The van der Waals surface area contributed by atoms with Gasteiger partial charge in [-0.05, 0) is 49.0 Å². The Bertz CT molecular complexity index is 796. The summed E-state index contributed by atoms with van der Waals surface area (Å²) in [5.74, 6) is 1.37. The van der Waals surface area contributed by atoms with Crippen LogP contribution in [-0.2, 0) is 9.59 Å². The molecule has 2 aliphatic rings. The third-order valence-corrected chi connectivity index (χ3v) is 5.63. The van der Waals surface area contributed by atoms with Crippen LogP contribution in [0, 0.1) is 5.92 Å². The van der Waals surface area contributed by atoms with Gasteiger partial charge in [-0.25, -0.2) is 0 Å². The zero-order valence-electron chi connectivity index (χ0n) is 17.4. The smallest absolute Gasteiger partial charge is 0.256 e. The van der Waals surface area contributed by atoms with Gasteiger partial charge in [-0.3, -0.25) is 14.5 Å².